The van der Waals surface area contributed by atoms with Gasteiger partial charge in [0.2, 0.25) is 5.91 Å². The summed E-state index contributed by atoms with van der Waals surface area (Å²) in [6.07, 6.45) is 2.41. The Morgan fingerprint density at radius 2 is 1.70 bits per heavy atom. The standard InChI is InChI=1S/C29H34BrN3O3S/c1-21-7-13-28(14-8-21)37(35,36)33(27-6-4-5-25(30)19-27)20-29(34)31-23(3)24-9-11-26(12-10-24)32-17-15-22(2)16-18-32/h4-14,19,22-23H,15-18,20H2,1-3H3,(H,31,34). The quantitative estimate of drug-likeness (QED) is 0.349. The molecule has 1 amide bonds. The van der Waals surface area contributed by atoms with Gasteiger partial charge >= 0.3 is 0 Å². The Kier molecular flexibility index (Phi) is 8.60. The van der Waals surface area contributed by atoms with Crippen LogP contribution >= 0.6 is 15.9 Å². The third-order valence-corrected chi connectivity index (χ3v) is 9.19. The van der Waals surface area contributed by atoms with E-state index >= 15 is 0 Å². The zero-order chi connectivity index (χ0) is 26.6. The average Bonchev–Trinajstić information content (AvgIpc) is 2.88. The van der Waals surface area contributed by atoms with Crippen LogP contribution in [0.25, 0.3) is 0 Å². The van der Waals surface area contributed by atoms with Gasteiger partial charge in [-0.1, -0.05) is 58.7 Å². The van der Waals surface area contributed by atoms with Crippen molar-refractivity contribution in [2.45, 2.75) is 44.6 Å². The fourth-order valence-electron chi connectivity index (χ4n) is 4.53. The van der Waals surface area contributed by atoms with E-state index in [4.69, 9.17) is 0 Å². The smallest absolute Gasteiger partial charge is 0.264 e. The van der Waals surface area contributed by atoms with Crippen molar-refractivity contribution in [3.63, 3.8) is 0 Å². The van der Waals surface area contributed by atoms with Crippen molar-refractivity contribution in [2.24, 2.45) is 5.92 Å². The summed E-state index contributed by atoms with van der Waals surface area (Å²) >= 11 is 3.41. The molecule has 1 saturated heterocycles. The average molecular weight is 585 g/mol. The molecule has 3 aromatic rings. The van der Waals surface area contributed by atoms with Gasteiger partial charge in [-0.25, -0.2) is 8.42 Å². The number of halogens is 1. The molecule has 1 N–H and O–H groups in total. The van der Waals surface area contributed by atoms with E-state index in [0.29, 0.717) is 5.69 Å². The summed E-state index contributed by atoms with van der Waals surface area (Å²) in [7, 11) is -3.96. The van der Waals surface area contributed by atoms with E-state index in [1.807, 2.05) is 32.0 Å². The summed E-state index contributed by atoms with van der Waals surface area (Å²) in [5.74, 6) is 0.398. The first kappa shape index (κ1) is 27.2. The lowest BCUT2D eigenvalue weighted by molar-refractivity contribution is -0.120. The van der Waals surface area contributed by atoms with Crippen molar-refractivity contribution < 1.29 is 13.2 Å². The van der Waals surface area contributed by atoms with Crippen LogP contribution in [0.3, 0.4) is 0 Å². The number of aryl methyl sites for hydroxylation is 1. The largest absolute Gasteiger partial charge is 0.372 e. The van der Waals surface area contributed by atoms with Gasteiger partial charge in [0.05, 0.1) is 16.6 Å². The summed E-state index contributed by atoms with van der Waals surface area (Å²) in [6.45, 7) is 7.90. The number of anilines is 2. The lowest BCUT2D eigenvalue weighted by Crippen LogP contribution is -2.41. The second kappa shape index (κ2) is 11.7. The number of piperidine rings is 1. The molecule has 1 heterocycles. The number of carbonyl (C=O) groups excluding carboxylic acids is 1. The molecule has 0 bridgehead atoms. The van der Waals surface area contributed by atoms with Crippen LogP contribution in [-0.4, -0.2) is 34.0 Å². The number of hydrogen-bond acceptors (Lipinski definition) is 4. The van der Waals surface area contributed by atoms with E-state index in [0.717, 1.165) is 38.9 Å². The number of nitrogens with zero attached hydrogens (tertiary/aromatic N) is 2. The first-order valence-electron chi connectivity index (χ1n) is 12.6. The van der Waals surface area contributed by atoms with Crippen molar-refractivity contribution in [3.05, 3.63) is 88.4 Å². The summed E-state index contributed by atoms with van der Waals surface area (Å²) in [6, 6.07) is 21.6. The minimum absolute atomic E-state index is 0.140. The number of sulfonamides is 1. The summed E-state index contributed by atoms with van der Waals surface area (Å²) in [4.78, 5) is 15.7. The zero-order valence-corrected chi connectivity index (χ0v) is 23.9. The van der Waals surface area contributed by atoms with Gasteiger partial charge in [-0.2, -0.15) is 0 Å². The molecule has 1 atom stereocenters. The second-order valence-electron chi connectivity index (χ2n) is 9.85. The van der Waals surface area contributed by atoms with E-state index in [9.17, 15) is 13.2 Å². The number of amides is 1. The molecule has 6 nitrogen and oxygen atoms in total. The minimum Gasteiger partial charge on any atom is -0.372 e. The maximum absolute atomic E-state index is 13.6. The molecule has 1 aliphatic heterocycles. The fourth-order valence-corrected chi connectivity index (χ4v) is 6.33. The number of nitrogens with one attached hydrogen (secondary N) is 1. The van der Waals surface area contributed by atoms with E-state index in [2.05, 4.69) is 45.2 Å². The van der Waals surface area contributed by atoms with E-state index in [1.54, 1.807) is 42.5 Å². The number of rotatable bonds is 8. The van der Waals surface area contributed by atoms with Crippen molar-refractivity contribution in [1.82, 2.24) is 5.32 Å². The maximum atomic E-state index is 13.6. The SMILES string of the molecule is Cc1ccc(S(=O)(=O)N(CC(=O)NC(C)c2ccc(N3CCC(C)CC3)cc2)c2cccc(Br)c2)cc1. The predicted octanol–water partition coefficient (Wildman–Crippen LogP) is 6.07. The first-order chi connectivity index (χ1) is 17.6. The van der Waals surface area contributed by atoms with Crippen molar-refractivity contribution in [1.29, 1.82) is 0 Å². The highest BCUT2D eigenvalue weighted by Gasteiger charge is 2.28. The van der Waals surface area contributed by atoms with Crippen LogP contribution in [0.15, 0.2) is 82.2 Å². The summed E-state index contributed by atoms with van der Waals surface area (Å²) in [5, 5.41) is 2.98. The lowest BCUT2D eigenvalue weighted by Gasteiger charge is -2.32. The third-order valence-electron chi connectivity index (χ3n) is 6.91. The predicted molar refractivity (Wildman–Crippen MR) is 153 cm³/mol. The van der Waals surface area contributed by atoms with Crippen molar-refractivity contribution in [3.8, 4) is 0 Å². The third kappa shape index (κ3) is 6.73. The maximum Gasteiger partial charge on any atom is 0.264 e. The van der Waals surface area contributed by atoms with Crippen LogP contribution in [0.2, 0.25) is 0 Å². The van der Waals surface area contributed by atoms with Crippen LogP contribution in [0, 0.1) is 12.8 Å². The summed E-state index contributed by atoms with van der Waals surface area (Å²) in [5.41, 5.74) is 3.54. The lowest BCUT2D eigenvalue weighted by atomic mass is 9.98. The normalized spacial score (nSPS) is 15.3. The number of hydrogen-bond donors (Lipinski definition) is 1. The Morgan fingerprint density at radius 1 is 1.05 bits per heavy atom. The molecule has 0 aromatic heterocycles. The molecule has 3 aromatic carbocycles. The number of benzene rings is 3. The molecule has 0 aliphatic carbocycles. The highest BCUT2D eigenvalue weighted by atomic mass is 79.9. The number of carbonyl (C=O) groups is 1. The molecule has 4 rings (SSSR count). The van der Waals surface area contributed by atoms with E-state index in [-0.39, 0.29) is 23.4 Å². The van der Waals surface area contributed by atoms with Gasteiger partial charge in [-0.05, 0) is 80.6 Å². The molecule has 1 aliphatic rings. The van der Waals surface area contributed by atoms with Gasteiger partial charge in [0.1, 0.15) is 6.54 Å². The van der Waals surface area contributed by atoms with Gasteiger partial charge in [0.15, 0.2) is 0 Å². The highest BCUT2D eigenvalue weighted by molar-refractivity contribution is 9.10. The Hall–Kier alpha value is -2.84. The topological polar surface area (TPSA) is 69.7 Å². The Bertz CT molecular complexity index is 1320. The van der Waals surface area contributed by atoms with Crippen molar-refractivity contribution >= 4 is 43.2 Å². The molecule has 196 valence electrons. The first-order valence-corrected chi connectivity index (χ1v) is 14.9. The molecule has 37 heavy (non-hydrogen) atoms. The molecule has 0 saturated carbocycles. The van der Waals surface area contributed by atoms with E-state index < -0.39 is 10.0 Å². The van der Waals surface area contributed by atoms with E-state index in [1.165, 1.54) is 18.5 Å². The van der Waals surface area contributed by atoms with Crippen LogP contribution in [-0.2, 0) is 14.8 Å². The van der Waals surface area contributed by atoms with Gasteiger partial charge in [0.25, 0.3) is 10.0 Å². The zero-order valence-electron chi connectivity index (χ0n) is 21.5. The Labute approximate surface area is 228 Å². The minimum atomic E-state index is -3.96. The molecular weight excluding hydrogens is 550 g/mol. The molecule has 8 heteroatoms. The highest BCUT2D eigenvalue weighted by Crippen LogP contribution is 2.27. The molecule has 1 fully saturated rings. The molecular formula is C29H34BrN3O3S. The molecule has 0 radical (unpaired) electrons. The second-order valence-corrected chi connectivity index (χ2v) is 12.6. The van der Waals surface area contributed by atoms with Gasteiger partial charge in [-0.3, -0.25) is 9.10 Å². The van der Waals surface area contributed by atoms with Gasteiger partial charge in [-0.15, -0.1) is 0 Å². The van der Waals surface area contributed by atoms with Crippen LogP contribution < -0.4 is 14.5 Å². The summed E-state index contributed by atoms with van der Waals surface area (Å²) < 4.78 is 29.0. The van der Waals surface area contributed by atoms with Crippen LogP contribution in [0.4, 0.5) is 11.4 Å². The Morgan fingerprint density at radius 3 is 2.32 bits per heavy atom. The Balaban J connectivity index is 1.49. The van der Waals surface area contributed by atoms with Gasteiger partial charge in [0, 0.05) is 23.2 Å². The molecule has 0 spiro atoms. The van der Waals surface area contributed by atoms with Crippen molar-refractivity contribution in [2.75, 3.05) is 28.8 Å². The van der Waals surface area contributed by atoms with Gasteiger partial charge < -0.3 is 10.2 Å². The molecule has 1 unspecified atom stereocenters. The monoisotopic (exact) mass is 583 g/mol. The van der Waals surface area contributed by atoms with Crippen LogP contribution in [0.5, 0.6) is 0 Å². The van der Waals surface area contributed by atoms with Crippen LogP contribution in [0.1, 0.15) is 43.9 Å². The fraction of sp³-hybridized carbons (Fsp3) is 0.345.